The Morgan fingerprint density at radius 2 is 2.00 bits per heavy atom. The summed E-state index contributed by atoms with van der Waals surface area (Å²) in [6.07, 6.45) is 1.46. The summed E-state index contributed by atoms with van der Waals surface area (Å²) >= 11 is 1.84. The molecule has 0 amide bonds. The molecule has 2 rings (SSSR count). The lowest BCUT2D eigenvalue weighted by molar-refractivity contribution is 0.176. The fourth-order valence-corrected chi connectivity index (χ4v) is 2.70. The Balaban J connectivity index is 1.84. The van der Waals surface area contributed by atoms with E-state index in [9.17, 15) is 5.11 Å². The first kappa shape index (κ1) is 15.1. The van der Waals surface area contributed by atoms with E-state index in [1.807, 2.05) is 36.0 Å². The number of hydrogen-bond donors (Lipinski definition) is 2. The Morgan fingerprint density at radius 1 is 1.20 bits per heavy atom. The summed E-state index contributed by atoms with van der Waals surface area (Å²) in [6, 6.07) is 14.3. The zero-order valence-electron chi connectivity index (χ0n) is 11.6. The molecule has 1 atom stereocenters. The van der Waals surface area contributed by atoms with Crippen molar-refractivity contribution in [2.45, 2.75) is 6.10 Å². The number of nitrogens with one attached hydrogen (secondary N) is 1. The predicted octanol–water partition coefficient (Wildman–Crippen LogP) is 3.38. The molecule has 1 unspecified atom stereocenters. The predicted molar refractivity (Wildman–Crippen MR) is 89.3 cm³/mol. The summed E-state index contributed by atoms with van der Waals surface area (Å²) in [5.41, 5.74) is 0.968. The Labute approximate surface area is 124 Å². The van der Waals surface area contributed by atoms with Crippen LogP contribution in [0.25, 0.3) is 10.8 Å². The van der Waals surface area contributed by atoms with Crippen LogP contribution in [0.1, 0.15) is 11.7 Å². The molecule has 2 aromatic carbocycles. The van der Waals surface area contributed by atoms with Gasteiger partial charge in [0.05, 0.1) is 6.10 Å². The van der Waals surface area contributed by atoms with Gasteiger partial charge in [0.15, 0.2) is 0 Å². The van der Waals surface area contributed by atoms with Crippen molar-refractivity contribution in [3.05, 3.63) is 60.7 Å². The van der Waals surface area contributed by atoms with Crippen molar-refractivity contribution in [1.29, 1.82) is 0 Å². The van der Waals surface area contributed by atoms with E-state index in [4.69, 9.17) is 0 Å². The normalized spacial score (nSPS) is 12.4. The second-order valence-electron chi connectivity index (χ2n) is 4.69. The molecule has 2 N–H and O–H groups in total. The van der Waals surface area contributed by atoms with E-state index in [0.29, 0.717) is 6.54 Å². The highest BCUT2D eigenvalue weighted by Crippen LogP contribution is 2.20. The maximum absolute atomic E-state index is 10.2. The minimum absolute atomic E-state index is 0.455. The van der Waals surface area contributed by atoms with Crippen LogP contribution >= 0.6 is 11.8 Å². The Bertz CT molecular complexity index is 555. The minimum atomic E-state index is -0.455. The van der Waals surface area contributed by atoms with Gasteiger partial charge in [0.2, 0.25) is 0 Å². The molecule has 0 aliphatic rings. The maximum Gasteiger partial charge on any atom is 0.0914 e. The van der Waals surface area contributed by atoms with Gasteiger partial charge < -0.3 is 10.4 Å². The molecule has 3 heteroatoms. The lowest BCUT2D eigenvalue weighted by Crippen LogP contribution is -2.23. The van der Waals surface area contributed by atoms with Crippen LogP contribution in [0, 0.1) is 0 Å². The Morgan fingerprint density at radius 3 is 2.80 bits per heavy atom. The van der Waals surface area contributed by atoms with Gasteiger partial charge in [-0.3, -0.25) is 0 Å². The third-order valence-corrected chi connectivity index (χ3v) is 4.12. The standard InChI is InChI=1S/C17H21NOS/c1-2-10-20-11-9-18-13-17(19)16-8-7-14-5-3-4-6-15(14)12-16/h2-8,12,17-19H,1,9-11,13H2. The van der Waals surface area contributed by atoms with Crippen LogP contribution < -0.4 is 5.32 Å². The van der Waals surface area contributed by atoms with E-state index in [2.05, 4.69) is 36.2 Å². The van der Waals surface area contributed by atoms with Gasteiger partial charge >= 0.3 is 0 Å². The first-order valence-corrected chi connectivity index (χ1v) is 8.03. The average Bonchev–Trinajstić information content (AvgIpc) is 2.50. The summed E-state index contributed by atoms with van der Waals surface area (Å²) in [7, 11) is 0. The van der Waals surface area contributed by atoms with Crippen LogP contribution in [0.5, 0.6) is 0 Å². The summed E-state index contributed by atoms with van der Waals surface area (Å²) in [5.74, 6) is 2.02. The van der Waals surface area contributed by atoms with Crippen molar-refractivity contribution in [1.82, 2.24) is 5.32 Å². The number of benzene rings is 2. The summed E-state index contributed by atoms with van der Waals surface area (Å²) in [6.45, 7) is 5.19. The van der Waals surface area contributed by atoms with Gasteiger partial charge in [0, 0.05) is 24.6 Å². The van der Waals surface area contributed by atoms with Crippen LogP contribution in [0.4, 0.5) is 0 Å². The molecule has 0 aromatic heterocycles. The molecule has 0 heterocycles. The maximum atomic E-state index is 10.2. The average molecular weight is 287 g/mol. The molecule has 0 aliphatic heterocycles. The van der Waals surface area contributed by atoms with Gasteiger partial charge in [0.1, 0.15) is 0 Å². The van der Waals surface area contributed by atoms with E-state index < -0.39 is 6.10 Å². The quantitative estimate of drug-likeness (QED) is 0.576. The van der Waals surface area contributed by atoms with E-state index in [1.54, 1.807) is 0 Å². The molecule has 0 radical (unpaired) electrons. The number of rotatable bonds is 8. The van der Waals surface area contributed by atoms with Crippen LogP contribution in [-0.2, 0) is 0 Å². The van der Waals surface area contributed by atoms with Crippen LogP contribution in [0.3, 0.4) is 0 Å². The van der Waals surface area contributed by atoms with Crippen molar-refractivity contribution in [3.8, 4) is 0 Å². The Hall–Kier alpha value is -1.29. The third kappa shape index (κ3) is 4.37. The molecule has 0 saturated carbocycles. The van der Waals surface area contributed by atoms with Crippen molar-refractivity contribution in [2.24, 2.45) is 0 Å². The first-order chi connectivity index (χ1) is 9.81. The SMILES string of the molecule is C=CCSCCNCC(O)c1ccc2ccccc2c1. The fraction of sp³-hybridized carbons (Fsp3) is 0.294. The molecule has 0 saturated heterocycles. The first-order valence-electron chi connectivity index (χ1n) is 6.87. The van der Waals surface area contributed by atoms with Gasteiger partial charge in [0.25, 0.3) is 0 Å². The number of aliphatic hydroxyl groups excluding tert-OH is 1. The van der Waals surface area contributed by atoms with Crippen molar-refractivity contribution < 1.29 is 5.11 Å². The smallest absolute Gasteiger partial charge is 0.0914 e. The van der Waals surface area contributed by atoms with Gasteiger partial charge in [-0.25, -0.2) is 0 Å². The highest BCUT2D eigenvalue weighted by molar-refractivity contribution is 7.99. The van der Waals surface area contributed by atoms with Crippen LogP contribution in [-0.4, -0.2) is 29.7 Å². The van der Waals surface area contributed by atoms with Crippen molar-refractivity contribution in [2.75, 3.05) is 24.6 Å². The number of thioether (sulfide) groups is 1. The molecule has 0 spiro atoms. The molecule has 106 valence electrons. The lowest BCUT2D eigenvalue weighted by Gasteiger charge is -2.13. The molecular formula is C17H21NOS. The van der Waals surface area contributed by atoms with E-state index in [0.717, 1.165) is 23.6 Å². The zero-order valence-corrected chi connectivity index (χ0v) is 12.4. The summed E-state index contributed by atoms with van der Waals surface area (Å²) in [5, 5.41) is 15.9. The highest BCUT2D eigenvalue weighted by Gasteiger charge is 2.07. The molecule has 0 aliphatic carbocycles. The molecular weight excluding hydrogens is 266 g/mol. The minimum Gasteiger partial charge on any atom is -0.387 e. The molecule has 2 nitrogen and oxygen atoms in total. The fourth-order valence-electron chi connectivity index (χ4n) is 2.08. The van der Waals surface area contributed by atoms with Crippen LogP contribution in [0.15, 0.2) is 55.1 Å². The molecule has 2 aromatic rings. The van der Waals surface area contributed by atoms with Crippen molar-refractivity contribution in [3.63, 3.8) is 0 Å². The molecule has 20 heavy (non-hydrogen) atoms. The zero-order chi connectivity index (χ0) is 14.2. The molecule has 0 bridgehead atoms. The second kappa shape index (κ2) is 8.10. The monoisotopic (exact) mass is 287 g/mol. The highest BCUT2D eigenvalue weighted by atomic mass is 32.2. The largest absolute Gasteiger partial charge is 0.387 e. The number of hydrogen-bond acceptors (Lipinski definition) is 3. The van der Waals surface area contributed by atoms with E-state index >= 15 is 0 Å². The Kier molecular flexibility index (Phi) is 6.12. The number of aliphatic hydroxyl groups is 1. The number of fused-ring (bicyclic) bond motifs is 1. The van der Waals surface area contributed by atoms with Gasteiger partial charge in [-0.2, -0.15) is 11.8 Å². The van der Waals surface area contributed by atoms with Gasteiger partial charge in [-0.1, -0.05) is 42.5 Å². The van der Waals surface area contributed by atoms with Gasteiger partial charge in [-0.15, -0.1) is 6.58 Å². The van der Waals surface area contributed by atoms with Crippen molar-refractivity contribution >= 4 is 22.5 Å². The lowest BCUT2D eigenvalue weighted by atomic mass is 10.0. The summed E-state index contributed by atoms with van der Waals surface area (Å²) < 4.78 is 0. The molecule has 0 fully saturated rings. The van der Waals surface area contributed by atoms with E-state index in [-0.39, 0.29) is 0 Å². The van der Waals surface area contributed by atoms with E-state index in [1.165, 1.54) is 10.8 Å². The van der Waals surface area contributed by atoms with Gasteiger partial charge in [-0.05, 0) is 22.4 Å². The third-order valence-electron chi connectivity index (χ3n) is 3.15. The summed E-state index contributed by atoms with van der Waals surface area (Å²) in [4.78, 5) is 0. The second-order valence-corrected chi connectivity index (χ2v) is 5.84. The topological polar surface area (TPSA) is 32.3 Å². The van der Waals surface area contributed by atoms with Crippen LogP contribution in [0.2, 0.25) is 0 Å².